The second-order valence-electron chi connectivity index (χ2n) is 6.43. The molecule has 2 heterocycles. The number of nitrogens with one attached hydrogen (secondary N) is 1. The monoisotopic (exact) mass is 328 g/mol. The Morgan fingerprint density at radius 2 is 2.17 bits per heavy atom. The second-order valence-corrected chi connectivity index (χ2v) is 6.43. The Morgan fingerprint density at radius 1 is 1.38 bits per heavy atom. The van der Waals surface area contributed by atoms with Crippen molar-refractivity contribution >= 4 is 11.6 Å². The van der Waals surface area contributed by atoms with Gasteiger partial charge in [0.25, 0.3) is 11.5 Å². The van der Waals surface area contributed by atoms with Crippen molar-refractivity contribution in [3.8, 4) is 0 Å². The van der Waals surface area contributed by atoms with E-state index in [1.54, 1.807) is 18.3 Å². The van der Waals surface area contributed by atoms with Gasteiger partial charge in [-0.25, -0.2) is 4.98 Å². The second kappa shape index (κ2) is 7.57. The van der Waals surface area contributed by atoms with Gasteiger partial charge in [-0.2, -0.15) is 0 Å². The minimum atomic E-state index is -0.353. The van der Waals surface area contributed by atoms with Crippen LogP contribution in [0.1, 0.15) is 42.5 Å². The highest BCUT2D eigenvalue weighted by Gasteiger charge is 2.19. The van der Waals surface area contributed by atoms with Gasteiger partial charge in [0.1, 0.15) is 11.2 Å². The van der Waals surface area contributed by atoms with Crippen LogP contribution in [-0.2, 0) is 0 Å². The van der Waals surface area contributed by atoms with Crippen molar-refractivity contribution in [2.24, 2.45) is 0 Å². The van der Waals surface area contributed by atoms with Crippen LogP contribution in [0.3, 0.4) is 0 Å². The van der Waals surface area contributed by atoms with Crippen molar-refractivity contribution in [3.63, 3.8) is 0 Å². The smallest absolute Gasteiger partial charge is 0.270 e. The first-order chi connectivity index (χ1) is 11.7. The number of pyridine rings is 1. The molecule has 1 saturated carbocycles. The normalized spacial score (nSPS) is 15.2. The maximum Gasteiger partial charge on any atom is 0.270 e. The summed E-state index contributed by atoms with van der Waals surface area (Å²) in [6, 6.07) is 5.98. The van der Waals surface area contributed by atoms with Gasteiger partial charge in [0, 0.05) is 25.0 Å². The summed E-state index contributed by atoms with van der Waals surface area (Å²) >= 11 is 0. The molecule has 0 aliphatic heterocycles. The zero-order chi connectivity index (χ0) is 16.9. The summed E-state index contributed by atoms with van der Waals surface area (Å²) in [6.07, 6.45) is 9.07. The summed E-state index contributed by atoms with van der Waals surface area (Å²) in [6.45, 7) is 1.52. The molecule has 1 amide bonds. The van der Waals surface area contributed by atoms with Gasteiger partial charge in [0.05, 0.1) is 0 Å². The third-order valence-corrected chi connectivity index (χ3v) is 4.78. The molecule has 0 bridgehead atoms. The maximum atomic E-state index is 12.3. The lowest BCUT2D eigenvalue weighted by Crippen LogP contribution is -2.35. The summed E-state index contributed by atoms with van der Waals surface area (Å²) in [7, 11) is 2.15. The molecule has 0 radical (unpaired) electrons. The summed E-state index contributed by atoms with van der Waals surface area (Å²) in [5.74, 6) is -0.353. The maximum absolute atomic E-state index is 12.3. The van der Waals surface area contributed by atoms with Gasteiger partial charge in [-0.15, -0.1) is 0 Å². The Labute approximate surface area is 141 Å². The van der Waals surface area contributed by atoms with Crippen LogP contribution in [0.2, 0.25) is 0 Å². The molecule has 1 N–H and O–H groups in total. The molecule has 6 heteroatoms. The van der Waals surface area contributed by atoms with Crippen LogP contribution in [-0.4, -0.2) is 46.4 Å². The van der Waals surface area contributed by atoms with Crippen LogP contribution >= 0.6 is 0 Å². The number of hydrogen-bond acceptors (Lipinski definition) is 4. The van der Waals surface area contributed by atoms with Crippen LogP contribution in [0.4, 0.5) is 0 Å². The van der Waals surface area contributed by atoms with Crippen molar-refractivity contribution in [1.29, 1.82) is 0 Å². The molecule has 0 saturated heterocycles. The van der Waals surface area contributed by atoms with E-state index < -0.39 is 0 Å². The standard InChI is InChI=1S/C18H24N4O2/c1-21(14-7-2-3-8-14)11-6-10-19-17(23)15-13-20-16-9-4-5-12-22(16)18(15)24/h4-5,9,12-14H,2-3,6-8,10-11H2,1H3,(H,19,23). The van der Waals surface area contributed by atoms with Gasteiger partial charge >= 0.3 is 0 Å². The number of aromatic nitrogens is 2. The Kier molecular flexibility index (Phi) is 5.25. The predicted molar refractivity (Wildman–Crippen MR) is 93.3 cm³/mol. The fourth-order valence-corrected chi connectivity index (χ4v) is 3.34. The number of carbonyl (C=O) groups is 1. The van der Waals surface area contributed by atoms with Crippen LogP contribution in [0.15, 0.2) is 35.4 Å². The molecule has 1 aliphatic carbocycles. The average molecular weight is 328 g/mol. The van der Waals surface area contributed by atoms with E-state index in [4.69, 9.17) is 0 Å². The highest BCUT2D eigenvalue weighted by Crippen LogP contribution is 2.22. The van der Waals surface area contributed by atoms with E-state index in [-0.39, 0.29) is 17.0 Å². The van der Waals surface area contributed by atoms with E-state index in [1.165, 1.54) is 36.3 Å². The minimum Gasteiger partial charge on any atom is -0.352 e. The number of hydrogen-bond donors (Lipinski definition) is 1. The molecular weight excluding hydrogens is 304 g/mol. The SMILES string of the molecule is CN(CCCNC(=O)c1cnc2ccccn2c1=O)C1CCCC1. The first-order valence-electron chi connectivity index (χ1n) is 8.61. The molecule has 0 spiro atoms. The first-order valence-corrected chi connectivity index (χ1v) is 8.61. The van der Waals surface area contributed by atoms with E-state index in [0.29, 0.717) is 18.2 Å². The fourth-order valence-electron chi connectivity index (χ4n) is 3.34. The Morgan fingerprint density at radius 3 is 2.96 bits per heavy atom. The fraction of sp³-hybridized carbons (Fsp3) is 0.500. The molecule has 6 nitrogen and oxygen atoms in total. The van der Waals surface area contributed by atoms with Gasteiger partial charge in [-0.1, -0.05) is 18.9 Å². The third kappa shape index (κ3) is 3.64. The van der Waals surface area contributed by atoms with Crippen molar-refractivity contribution in [3.05, 3.63) is 46.5 Å². The van der Waals surface area contributed by atoms with Crippen LogP contribution < -0.4 is 10.9 Å². The van der Waals surface area contributed by atoms with Gasteiger partial charge in [-0.05, 0) is 45.0 Å². The first kappa shape index (κ1) is 16.6. The molecule has 1 aliphatic rings. The third-order valence-electron chi connectivity index (χ3n) is 4.78. The molecule has 128 valence electrons. The zero-order valence-electron chi connectivity index (χ0n) is 14.1. The molecule has 3 rings (SSSR count). The topological polar surface area (TPSA) is 66.7 Å². The molecule has 24 heavy (non-hydrogen) atoms. The van der Waals surface area contributed by atoms with Gasteiger partial charge in [-0.3, -0.25) is 14.0 Å². The number of nitrogens with zero attached hydrogens (tertiary/aromatic N) is 3. The lowest BCUT2D eigenvalue weighted by atomic mass is 10.2. The van der Waals surface area contributed by atoms with E-state index in [9.17, 15) is 9.59 Å². The van der Waals surface area contributed by atoms with Crippen molar-refractivity contribution in [1.82, 2.24) is 19.6 Å². The van der Waals surface area contributed by atoms with Crippen molar-refractivity contribution in [2.75, 3.05) is 20.1 Å². The largest absolute Gasteiger partial charge is 0.352 e. The Balaban J connectivity index is 1.53. The number of carbonyl (C=O) groups excluding carboxylic acids is 1. The average Bonchev–Trinajstić information content (AvgIpc) is 3.13. The number of rotatable bonds is 6. The predicted octanol–water partition coefficient (Wildman–Crippen LogP) is 1.69. The number of amides is 1. The van der Waals surface area contributed by atoms with Gasteiger partial charge in [0.2, 0.25) is 0 Å². The molecule has 0 atom stereocenters. The molecule has 0 aromatic carbocycles. The molecule has 0 unspecified atom stereocenters. The highest BCUT2D eigenvalue weighted by molar-refractivity contribution is 5.93. The van der Waals surface area contributed by atoms with Crippen LogP contribution in [0, 0.1) is 0 Å². The van der Waals surface area contributed by atoms with Gasteiger partial charge in [0.15, 0.2) is 0 Å². The van der Waals surface area contributed by atoms with Crippen molar-refractivity contribution in [2.45, 2.75) is 38.1 Å². The Bertz CT molecular complexity index is 765. The van der Waals surface area contributed by atoms with Crippen LogP contribution in [0.25, 0.3) is 5.65 Å². The molecular formula is C18H24N4O2. The lowest BCUT2D eigenvalue weighted by Gasteiger charge is -2.23. The zero-order valence-corrected chi connectivity index (χ0v) is 14.1. The minimum absolute atomic E-state index is 0.0860. The van der Waals surface area contributed by atoms with E-state index in [1.807, 2.05) is 6.07 Å². The summed E-state index contributed by atoms with van der Waals surface area (Å²) in [4.78, 5) is 31.1. The van der Waals surface area contributed by atoms with Crippen molar-refractivity contribution < 1.29 is 4.79 Å². The van der Waals surface area contributed by atoms with Crippen LogP contribution in [0.5, 0.6) is 0 Å². The molecule has 2 aromatic rings. The summed E-state index contributed by atoms with van der Waals surface area (Å²) < 4.78 is 1.39. The Hall–Kier alpha value is -2.21. The van der Waals surface area contributed by atoms with E-state index in [0.717, 1.165) is 13.0 Å². The number of fused-ring (bicyclic) bond motifs is 1. The quantitative estimate of drug-likeness (QED) is 0.820. The summed E-state index contributed by atoms with van der Waals surface area (Å²) in [5, 5.41) is 2.83. The highest BCUT2D eigenvalue weighted by atomic mass is 16.2. The van der Waals surface area contributed by atoms with Gasteiger partial charge < -0.3 is 10.2 Å². The molecule has 2 aromatic heterocycles. The summed E-state index contributed by atoms with van der Waals surface area (Å²) in [5.41, 5.74) is 0.293. The van der Waals surface area contributed by atoms with E-state index in [2.05, 4.69) is 22.2 Å². The van der Waals surface area contributed by atoms with E-state index >= 15 is 0 Å². The lowest BCUT2D eigenvalue weighted by molar-refractivity contribution is 0.0949. The molecule has 1 fully saturated rings.